The van der Waals surface area contributed by atoms with Crippen molar-refractivity contribution in [2.75, 3.05) is 70.1 Å². The summed E-state index contributed by atoms with van der Waals surface area (Å²) in [5.74, 6) is -1.61. The number of nitro groups is 2. The van der Waals surface area contributed by atoms with Crippen LogP contribution in [0.3, 0.4) is 0 Å². The minimum absolute atomic E-state index is 0. The molecule has 2 heterocycles. The molecule has 12 N–H and O–H groups in total. The topological polar surface area (TPSA) is 611 Å². The lowest BCUT2D eigenvalue weighted by Gasteiger charge is -2.17. The first-order valence-corrected chi connectivity index (χ1v) is 46.2. The Kier molecular flexibility index (Phi) is 42.3. The molecule has 8 aromatic rings. The Labute approximate surface area is 670 Å². The number of rotatable bonds is 34. The van der Waals surface area contributed by atoms with Crippen LogP contribution in [0.15, 0.2) is 178 Å². The molecule has 0 radical (unpaired) electrons. The van der Waals surface area contributed by atoms with Gasteiger partial charge in [-0.1, -0.05) is 79.2 Å². The van der Waals surface area contributed by atoms with Crippen LogP contribution in [0.4, 0.5) is 28.7 Å². The van der Waals surface area contributed by atoms with E-state index in [1.54, 1.807) is 41.5 Å². The van der Waals surface area contributed by atoms with E-state index in [1.807, 2.05) is 75.9 Å². The molecule has 0 spiro atoms. The number of aromatic nitrogens is 4. The molecule has 632 valence electrons. The molecule has 0 bridgehead atoms. The van der Waals surface area contributed by atoms with E-state index >= 15 is 0 Å². The van der Waals surface area contributed by atoms with E-state index in [2.05, 4.69) is 29.0 Å². The number of sulfonamides is 3. The number of hydrogen-bond acceptors (Lipinski definition) is 33. The number of non-ortho nitro benzene ring substituents is 2. The zero-order valence-corrected chi connectivity index (χ0v) is 70.3. The van der Waals surface area contributed by atoms with Gasteiger partial charge in [0.15, 0.2) is 23.1 Å². The van der Waals surface area contributed by atoms with Gasteiger partial charge in [0.1, 0.15) is 5.69 Å². The van der Waals surface area contributed by atoms with Crippen LogP contribution < -0.4 is 36.2 Å². The van der Waals surface area contributed by atoms with Gasteiger partial charge in [0, 0.05) is 58.2 Å². The third-order valence-corrected chi connectivity index (χ3v) is 27.8. The molecule has 0 saturated carbocycles. The molecule has 0 aliphatic heterocycles. The summed E-state index contributed by atoms with van der Waals surface area (Å²) in [6, 6.07) is 34.7. The highest BCUT2D eigenvalue weighted by Gasteiger charge is 2.35. The van der Waals surface area contributed by atoms with Gasteiger partial charge in [-0.2, -0.15) is 0 Å². The number of aromatic carboxylic acids is 1. The van der Waals surface area contributed by atoms with Crippen LogP contribution in [0.5, 0.6) is 0 Å². The van der Waals surface area contributed by atoms with Gasteiger partial charge in [0.25, 0.3) is 20.4 Å². The smallest absolute Gasteiger partial charge is 0.419 e. The molecule has 0 amide bonds. The van der Waals surface area contributed by atoms with Crippen molar-refractivity contribution in [2.45, 2.75) is 103 Å². The molecule has 0 unspecified atom stereocenters. The van der Waals surface area contributed by atoms with Crippen molar-refractivity contribution < 1.29 is 113 Å². The van der Waals surface area contributed by atoms with Crippen LogP contribution in [-0.2, 0) is 100.0 Å². The Balaban J connectivity index is 0.000000491. The van der Waals surface area contributed by atoms with Crippen molar-refractivity contribution in [1.29, 1.82) is 0 Å². The number of carbonyl (C=O) groups is 2. The van der Waals surface area contributed by atoms with Crippen LogP contribution in [0, 0.1) is 34.1 Å². The second kappa shape index (κ2) is 47.5. The quantitative estimate of drug-likeness (QED) is 0.00464. The lowest BCUT2D eigenvalue weighted by Crippen LogP contribution is -2.23. The standard InChI is InChI=1S/C23H27N4O6PS.C12H11N3O2.C10H15N2O7PS.C10H17N2O5PS.C6H4ClNO4S.C4H12NO3P.CH4/c1-4-32-34(29,33-5-2)27-35(30,31)19-12-8-17(9-13-19)14-21(28)22-23(24)25-15-20(26-22)18-10-6-16(3)7-11-18;1-7-2-4-8(5-3-7)9-6-14-11(13)10(15-9)12(16)17;1-3-18-20(15,19-4-2)11-21(16,17)10-7-5-9(6-8-10)12(13)14;1-3-16-18(13,17-4-2)12-19(14,15)10-7-5-9(11)6-8-10;7-13(11,12)6-3-1-5(2-4-6)8(9)10;1-3-7-9(5,6)8-4-2;/h6-13,15H,4-5,14H2,1-3H3,(H2,24,25)(H,27,29);2-6H,1H3,(H2,13,14)(H,16,17);5-8H,3-4H2,1-2H3,(H,11,15);5-8H,3-4,11H2,1-2H3,(H,12,13);1-4H;3-4H2,1-2H3,(H2,5,6);1H4. The fourth-order valence-electron chi connectivity index (χ4n) is 8.35. The average Bonchev–Trinajstić information content (AvgIpc) is 0.821. The van der Waals surface area contributed by atoms with Crippen molar-refractivity contribution in [1.82, 2.24) is 33.4 Å². The monoisotopic (exact) mass is 1780 g/mol. The number of carboxylic acids is 1. The van der Waals surface area contributed by atoms with Gasteiger partial charge >= 0.3 is 37.0 Å². The van der Waals surface area contributed by atoms with Crippen molar-refractivity contribution >= 4 is 121 Å². The number of halogens is 1. The number of carboxylic acid groups (broad SMARTS) is 1. The number of hydrogen-bond donors (Lipinski definition) is 8. The fraction of sp³-hybridized carbons (Fsp3) is 0.303. The molecule has 49 heteroatoms. The van der Waals surface area contributed by atoms with Crippen LogP contribution in [0.2, 0.25) is 0 Å². The molecule has 115 heavy (non-hydrogen) atoms. The van der Waals surface area contributed by atoms with E-state index in [4.69, 9.17) is 65.6 Å². The Morgan fingerprint density at radius 2 is 0.730 bits per heavy atom. The van der Waals surface area contributed by atoms with E-state index < -0.39 is 85.9 Å². The molecular formula is C66H90ClN13O27P4S4. The van der Waals surface area contributed by atoms with Gasteiger partial charge in [-0.3, -0.25) is 61.2 Å². The first-order chi connectivity index (χ1) is 53.2. The molecule has 2 aromatic heterocycles. The minimum atomic E-state index is -4.20. The van der Waals surface area contributed by atoms with Gasteiger partial charge in [0.05, 0.1) is 106 Å². The molecule has 0 aliphatic carbocycles. The predicted molar refractivity (Wildman–Crippen MR) is 430 cm³/mol. The van der Waals surface area contributed by atoms with Gasteiger partial charge in [-0.15, -0.1) is 13.5 Å². The number of nitrogens with one attached hydrogen (secondary N) is 3. The Morgan fingerprint density at radius 3 is 1.02 bits per heavy atom. The Bertz CT molecular complexity index is 5180. The molecule has 0 saturated heterocycles. The summed E-state index contributed by atoms with van der Waals surface area (Å²) in [4.78, 5) is 58.9. The predicted octanol–water partition coefficient (Wildman–Crippen LogP) is 12.7. The SMILES string of the molecule is C.CCOP(=O)(NS(=O)(=O)c1ccc(CC(=O)c2nc(-c3ccc(C)cc3)cnc2N)cc1)OCC.CCOP(=O)(NS(=O)(=O)c1ccc(N)cc1)OCC.CCOP(=O)(NS(=O)(=O)c1ccc([N+](=O)[O-])cc1)OCC.CCOP(N)(=O)OCC.Cc1ccc(-c2cnc(N)c(C(=O)O)n2)cc1.O=[N+]([O-])c1ccc(S(=O)(=O)Cl)cc1. The summed E-state index contributed by atoms with van der Waals surface area (Å²) in [7, 11) is -26.3. The second-order valence-corrected chi connectivity index (χ2v) is 37.2. The lowest BCUT2D eigenvalue weighted by molar-refractivity contribution is -0.385. The largest absolute Gasteiger partial charge is 0.476 e. The van der Waals surface area contributed by atoms with Crippen LogP contribution >= 0.6 is 41.7 Å². The normalized spacial score (nSPS) is 11.7. The van der Waals surface area contributed by atoms with E-state index in [0.717, 1.165) is 70.8 Å². The number of Topliss-reactive ketones (excluding diaryl/α,β-unsaturated/α-hetero) is 1. The second-order valence-electron chi connectivity index (χ2n) is 21.9. The number of ketones is 1. The summed E-state index contributed by atoms with van der Waals surface area (Å²) in [5.41, 5.74) is 27.0. The maximum Gasteiger partial charge on any atom is 0.419 e. The molecule has 0 aliphatic rings. The van der Waals surface area contributed by atoms with Crippen LogP contribution in [-0.4, -0.2) is 133 Å². The molecule has 0 fully saturated rings. The Morgan fingerprint density at radius 1 is 0.452 bits per heavy atom. The molecular weight excluding hydrogens is 1690 g/mol. The number of nitrogen functional groups attached to an aromatic ring is 3. The van der Waals surface area contributed by atoms with Gasteiger partial charge in [-0.05, 0) is 135 Å². The summed E-state index contributed by atoms with van der Waals surface area (Å²) >= 11 is 0. The van der Waals surface area contributed by atoms with Crippen LogP contribution in [0.1, 0.15) is 100 Å². The van der Waals surface area contributed by atoms with Gasteiger partial charge in [-0.25, -0.2) is 82.2 Å². The number of benzene rings is 6. The minimum Gasteiger partial charge on any atom is -0.476 e. The van der Waals surface area contributed by atoms with Crippen molar-refractivity contribution in [3.8, 4) is 22.5 Å². The van der Waals surface area contributed by atoms with Crippen LogP contribution in [0.25, 0.3) is 22.5 Å². The fourth-order valence-corrected chi connectivity index (χ4v) is 19.7. The Hall–Kier alpha value is -8.65. The van der Waals surface area contributed by atoms with Crippen molar-refractivity contribution in [3.63, 3.8) is 0 Å². The first kappa shape index (κ1) is 102. The van der Waals surface area contributed by atoms with E-state index in [1.165, 1.54) is 74.8 Å². The van der Waals surface area contributed by atoms with Gasteiger partial charge in [0.2, 0.25) is 30.1 Å². The summed E-state index contributed by atoms with van der Waals surface area (Å²) in [6.07, 6.45) is 2.90. The summed E-state index contributed by atoms with van der Waals surface area (Å²) in [6.45, 7) is 17.4. The number of anilines is 3. The highest BCUT2D eigenvalue weighted by atomic mass is 35.7. The summed E-state index contributed by atoms with van der Waals surface area (Å²) in [5, 5.41) is 29.6. The number of nitrogens with two attached hydrogens (primary N) is 4. The number of aryl methyl sites for hydroxylation is 2. The van der Waals surface area contributed by atoms with E-state index in [-0.39, 0.29) is 113 Å². The number of nitro benzene ring substituents is 2. The van der Waals surface area contributed by atoms with Crippen molar-refractivity contribution in [3.05, 3.63) is 206 Å². The molecule has 6 aromatic carbocycles. The average molecular weight is 1790 g/mol. The molecule has 40 nitrogen and oxygen atoms in total. The zero-order chi connectivity index (χ0) is 86.1. The highest BCUT2D eigenvalue weighted by molar-refractivity contribution is 8.13. The number of carbonyl (C=O) groups excluding carboxylic acids is 1. The summed E-state index contributed by atoms with van der Waals surface area (Å²) < 4.78 is 187. The zero-order valence-electron chi connectivity index (χ0n) is 62.7. The lowest BCUT2D eigenvalue weighted by atomic mass is 10.1. The maximum absolute atomic E-state index is 12.9. The first-order valence-electron chi connectivity index (χ1n) is 33.2. The van der Waals surface area contributed by atoms with E-state index in [9.17, 15) is 81.7 Å². The number of nitrogens with zero attached hydrogens (tertiary/aromatic N) is 6. The third-order valence-electron chi connectivity index (χ3n) is 13.3. The van der Waals surface area contributed by atoms with Crippen molar-refractivity contribution in [2.24, 2.45) is 5.50 Å². The molecule has 8 rings (SSSR count). The third kappa shape index (κ3) is 35.0. The molecule has 0 atom stereocenters. The van der Waals surface area contributed by atoms with Gasteiger partial charge < -0.3 is 22.3 Å². The van der Waals surface area contributed by atoms with E-state index in [0.29, 0.717) is 35.9 Å². The highest BCUT2D eigenvalue weighted by Crippen LogP contribution is 2.47. The maximum atomic E-state index is 12.9.